The number of hydrogen-bond acceptors (Lipinski definition) is 2. The van der Waals surface area contributed by atoms with Crippen LogP contribution in [0, 0.1) is 11.8 Å². The van der Waals surface area contributed by atoms with Crippen LogP contribution in [-0.4, -0.2) is 26.3 Å². The molecular weight excluding hydrogens is 162 g/mol. The molecule has 0 aromatic heterocycles. The van der Waals surface area contributed by atoms with E-state index in [-0.39, 0.29) is 0 Å². The molecule has 0 atom stereocenters. The van der Waals surface area contributed by atoms with Gasteiger partial charge >= 0.3 is 0 Å². The summed E-state index contributed by atoms with van der Waals surface area (Å²) in [6.45, 7) is 12.7. The Morgan fingerprint density at radius 1 is 1.00 bits per heavy atom. The van der Waals surface area contributed by atoms with Crippen molar-refractivity contribution in [2.75, 3.05) is 26.3 Å². The van der Waals surface area contributed by atoms with E-state index in [1.165, 1.54) is 6.42 Å². The van der Waals surface area contributed by atoms with Crippen molar-refractivity contribution in [3.63, 3.8) is 0 Å². The first-order valence-electron chi connectivity index (χ1n) is 5.41. The van der Waals surface area contributed by atoms with Crippen molar-refractivity contribution in [3.8, 4) is 0 Å². The second-order valence-corrected chi connectivity index (χ2v) is 4.39. The largest absolute Gasteiger partial charge is 0.380 e. The number of hydrogen-bond donors (Lipinski definition) is 1. The van der Waals surface area contributed by atoms with Crippen LogP contribution in [0.25, 0.3) is 0 Å². The highest BCUT2D eigenvalue weighted by Crippen LogP contribution is 1.98. The molecule has 0 aromatic rings. The molecule has 0 aromatic carbocycles. The lowest BCUT2D eigenvalue weighted by Gasteiger charge is -2.08. The lowest BCUT2D eigenvalue weighted by atomic mass is 10.1. The molecule has 0 rings (SSSR count). The Morgan fingerprint density at radius 2 is 1.69 bits per heavy atom. The van der Waals surface area contributed by atoms with Gasteiger partial charge in [0.15, 0.2) is 0 Å². The maximum absolute atomic E-state index is 5.46. The maximum Gasteiger partial charge on any atom is 0.0590 e. The molecule has 0 saturated heterocycles. The first-order valence-corrected chi connectivity index (χ1v) is 5.41. The fraction of sp³-hybridized carbons (Fsp3) is 1.00. The van der Waals surface area contributed by atoms with E-state index < -0.39 is 0 Å². The summed E-state index contributed by atoms with van der Waals surface area (Å²) in [5.41, 5.74) is 0. The summed E-state index contributed by atoms with van der Waals surface area (Å²) >= 11 is 0. The highest BCUT2D eigenvalue weighted by molar-refractivity contribution is 4.50. The smallest absolute Gasteiger partial charge is 0.0590 e. The predicted octanol–water partition coefficient (Wildman–Crippen LogP) is 2.29. The van der Waals surface area contributed by atoms with Gasteiger partial charge in [0, 0.05) is 13.2 Å². The van der Waals surface area contributed by atoms with Gasteiger partial charge < -0.3 is 10.1 Å². The monoisotopic (exact) mass is 187 g/mol. The summed E-state index contributed by atoms with van der Waals surface area (Å²) in [4.78, 5) is 0. The summed E-state index contributed by atoms with van der Waals surface area (Å²) in [5.74, 6) is 1.49. The first kappa shape index (κ1) is 12.9. The van der Waals surface area contributed by atoms with Crippen LogP contribution in [0.3, 0.4) is 0 Å². The zero-order chi connectivity index (χ0) is 10.1. The van der Waals surface area contributed by atoms with Crippen molar-refractivity contribution in [1.82, 2.24) is 5.32 Å². The van der Waals surface area contributed by atoms with E-state index >= 15 is 0 Å². The lowest BCUT2D eigenvalue weighted by Crippen LogP contribution is -2.24. The van der Waals surface area contributed by atoms with Gasteiger partial charge in [-0.3, -0.25) is 0 Å². The Hall–Kier alpha value is -0.0800. The van der Waals surface area contributed by atoms with Crippen LogP contribution in [0.2, 0.25) is 0 Å². The predicted molar refractivity (Wildman–Crippen MR) is 58.0 cm³/mol. The van der Waals surface area contributed by atoms with E-state index in [2.05, 4.69) is 33.0 Å². The van der Waals surface area contributed by atoms with Gasteiger partial charge in [-0.2, -0.15) is 0 Å². The minimum atomic E-state index is 0.732. The molecule has 13 heavy (non-hydrogen) atoms. The third-order valence-corrected chi connectivity index (χ3v) is 1.82. The molecule has 2 nitrogen and oxygen atoms in total. The summed E-state index contributed by atoms with van der Waals surface area (Å²) < 4.78 is 5.46. The van der Waals surface area contributed by atoms with Crippen LogP contribution in [0.4, 0.5) is 0 Å². The van der Waals surface area contributed by atoms with Crippen molar-refractivity contribution < 1.29 is 4.74 Å². The van der Waals surface area contributed by atoms with E-state index in [0.717, 1.165) is 38.1 Å². The summed E-state index contributed by atoms with van der Waals surface area (Å²) in [6.07, 6.45) is 1.17. The highest BCUT2D eigenvalue weighted by Gasteiger charge is 1.94. The van der Waals surface area contributed by atoms with Gasteiger partial charge in [-0.1, -0.05) is 27.7 Å². The number of rotatable bonds is 8. The molecule has 0 aliphatic rings. The molecule has 80 valence electrons. The average Bonchev–Trinajstić information content (AvgIpc) is 2.01. The summed E-state index contributed by atoms with van der Waals surface area (Å²) in [6, 6.07) is 0. The van der Waals surface area contributed by atoms with Crippen molar-refractivity contribution >= 4 is 0 Å². The van der Waals surface area contributed by atoms with E-state index in [4.69, 9.17) is 4.74 Å². The van der Waals surface area contributed by atoms with E-state index in [0.29, 0.717) is 0 Å². The lowest BCUT2D eigenvalue weighted by molar-refractivity contribution is 0.125. The second-order valence-electron chi connectivity index (χ2n) is 4.39. The quantitative estimate of drug-likeness (QED) is 0.589. The Morgan fingerprint density at radius 3 is 2.23 bits per heavy atom. The van der Waals surface area contributed by atoms with E-state index in [1.54, 1.807) is 0 Å². The van der Waals surface area contributed by atoms with Crippen LogP contribution in [-0.2, 0) is 4.74 Å². The molecule has 0 aliphatic heterocycles. The van der Waals surface area contributed by atoms with Gasteiger partial charge in [-0.25, -0.2) is 0 Å². The van der Waals surface area contributed by atoms with Crippen LogP contribution in [0.5, 0.6) is 0 Å². The minimum Gasteiger partial charge on any atom is -0.380 e. The molecule has 0 heterocycles. The summed E-state index contributed by atoms with van der Waals surface area (Å²) in [7, 11) is 0. The van der Waals surface area contributed by atoms with E-state index in [9.17, 15) is 0 Å². The fourth-order valence-electron chi connectivity index (χ4n) is 0.956. The van der Waals surface area contributed by atoms with Crippen LogP contribution < -0.4 is 5.32 Å². The van der Waals surface area contributed by atoms with Gasteiger partial charge in [-0.05, 0) is 24.8 Å². The Balaban J connectivity index is 2.92. The molecule has 0 bridgehead atoms. The second kappa shape index (κ2) is 8.52. The van der Waals surface area contributed by atoms with Crippen LogP contribution >= 0.6 is 0 Å². The average molecular weight is 187 g/mol. The SMILES string of the molecule is CC(C)CCOCCNCC(C)C. The zero-order valence-electron chi connectivity index (χ0n) is 9.60. The molecule has 0 amide bonds. The normalized spacial score (nSPS) is 11.5. The van der Waals surface area contributed by atoms with Crippen molar-refractivity contribution in [3.05, 3.63) is 0 Å². The van der Waals surface area contributed by atoms with Crippen molar-refractivity contribution in [2.45, 2.75) is 34.1 Å². The highest BCUT2D eigenvalue weighted by atomic mass is 16.5. The Labute approximate surface area is 83.1 Å². The number of ether oxygens (including phenoxy) is 1. The molecule has 0 fully saturated rings. The molecular formula is C11H25NO. The molecule has 2 heteroatoms. The van der Waals surface area contributed by atoms with Crippen LogP contribution in [0.1, 0.15) is 34.1 Å². The van der Waals surface area contributed by atoms with Crippen molar-refractivity contribution in [2.24, 2.45) is 11.8 Å². The number of nitrogens with one attached hydrogen (secondary N) is 1. The molecule has 0 radical (unpaired) electrons. The molecule has 0 spiro atoms. The van der Waals surface area contributed by atoms with Crippen molar-refractivity contribution in [1.29, 1.82) is 0 Å². The van der Waals surface area contributed by atoms with Gasteiger partial charge in [0.05, 0.1) is 6.61 Å². The standard InChI is InChI=1S/C11H25NO/c1-10(2)5-7-13-8-6-12-9-11(3)4/h10-12H,5-9H2,1-4H3. The van der Waals surface area contributed by atoms with Crippen LogP contribution in [0.15, 0.2) is 0 Å². The third-order valence-electron chi connectivity index (χ3n) is 1.82. The van der Waals surface area contributed by atoms with Gasteiger partial charge in [0.2, 0.25) is 0 Å². The van der Waals surface area contributed by atoms with Gasteiger partial charge in [0.25, 0.3) is 0 Å². The fourth-order valence-corrected chi connectivity index (χ4v) is 0.956. The topological polar surface area (TPSA) is 21.3 Å². The van der Waals surface area contributed by atoms with Gasteiger partial charge in [0.1, 0.15) is 0 Å². The maximum atomic E-state index is 5.46. The van der Waals surface area contributed by atoms with Gasteiger partial charge in [-0.15, -0.1) is 0 Å². The molecule has 0 unspecified atom stereocenters. The molecule has 1 N–H and O–H groups in total. The first-order chi connectivity index (χ1) is 6.13. The molecule has 0 saturated carbocycles. The Bertz CT molecular complexity index is 90.3. The zero-order valence-corrected chi connectivity index (χ0v) is 9.60. The Kier molecular flexibility index (Phi) is 8.46. The minimum absolute atomic E-state index is 0.732. The third kappa shape index (κ3) is 11.9. The summed E-state index contributed by atoms with van der Waals surface area (Å²) in [5, 5.41) is 3.35. The molecule has 0 aliphatic carbocycles. The van der Waals surface area contributed by atoms with E-state index in [1.807, 2.05) is 0 Å².